The maximum Gasteiger partial charge on any atom is 0.446 e. The Balaban J connectivity index is 3.03. The van der Waals surface area contributed by atoms with Gasteiger partial charge in [-0.05, 0) is 36.6 Å². The summed E-state index contributed by atoms with van der Waals surface area (Å²) in [6.45, 7) is 3.97. The van der Waals surface area contributed by atoms with Crippen molar-refractivity contribution in [2.24, 2.45) is 0 Å². The SMILES string of the molecule is CCCOC(=O)C(=Cc1ccc(OS(=O)(=O)O)cc1)C(=O)OCCC. The van der Waals surface area contributed by atoms with Gasteiger partial charge in [0, 0.05) is 0 Å². The lowest BCUT2D eigenvalue weighted by Crippen LogP contribution is -2.19. The van der Waals surface area contributed by atoms with E-state index in [2.05, 4.69) is 4.18 Å². The molecule has 0 aliphatic heterocycles. The average Bonchev–Trinajstić information content (AvgIpc) is 2.55. The third kappa shape index (κ3) is 7.81. The molecule has 138 valence electrons. The van der Waals surface area contributed by atoms with Crippen molar-refractivity contribution in [2.75, 3.05) is 13.2 Å². The normalized spacial score (nSPS) is 10.7. The Morgan fingerprint density at radius 3 is 1.88 bits per heavy atom. The molecule has 0 unspecified atom stereocenters. The molecule has 0 aromatic heterocycles. The summed E-state index contributed by atoms with van der Waals surface area (Å²) in [4.78, 5) is 24.1. The Labute approximate surface area is 146 Å². The fraction of sp³-hybridized carbons (Fsp3) is 0.375. The van der Waals surface area contributed by atoms with E-state index in [9.17, 15) is 18.0 Å². The highest BCUT2D eigenvalue weighted by molar-refractivity contribution is 7.81. The highest BCUT2D eigenvalue weighted by atomic mass is 32.3. The second kappa shape index (κ2) is 9.80. The summed E-state index contributed by atoms with van der Waals surface area (Å²) < 4.78 is 44.1. The van der Waals surface area contributed by atoms with E-state index in [1.54, 1.807) is 0 Å². The van der Waals surface area contributed by atoms with Crippen molar-refractivity contribution in [1.29, 1.82) is 0 Å². The zero-order chi connectivity index (χ0) is 18.9. The van der Waals surface area contributed by atoms with E-state index in [1.165, 1.54) is 30.3 Å². The number of rotatable bonds is 9. The van der Waals surface area contributed by atoms with E-state index in [1.807, 2.05) is 13.8 Å². The fourth-order valence-corrected chi connectivity index (χ4v) is 2.01. The molecular weight excluding hydrogens is 352 g/mol. The summed E-state index contributed by atoms with van der Waals surface area (Å²) in [5, 5.41) is 0. The summed E-state index contributed by atoms with van der Waals surface area (Å²) in [5.41, 5.74) is 0.143. The van der Waals surface area contributed by atoms with E-state index in [4.69, 9.17) is 14.0 Å². The lowest BCUT2D eigenvalue weighted by atomic mass is 10.1. The van der Waals surface area contributed by atoms with E-state index in [0.29, 0.717) is 18.4 Å². The van der Waals surface area contributed by atoms with Crippen molar-refractivity contribution < 1.29 is 36.2 Å². The lowest BCUT2D eigenvalue weighted by Gasteiger charge is -2.08. The highest BCUT2D eigenvalue weighted by Gasteiger charge is 2.21. The second-order valence-corrected chi connectivity index (χ2v) is 5.93. The van der Waals surface area contributed by atoms with Gasteiger partial charge in [-0.15, -0.1) is 0 Å². The monoisotopic (exact) mass is 372 g/mol. The molecule has 0 heterocycles. The van der Waals surface area contributed by atoms with Crippen LogP contribution in [0.25, 0.3) is 6.08 Å². The van der Waals surface area contributed by atoms with Crippen molar-refractivity contribution in [1.82, 2.24) is 0 Å². The van der Waals surface area contributed by atoms with Crippen molar-refractivity contribution in [3.05, 3.63) is 35.4 Å². The van der Waals surface area contributed by atoms with Crippen LogP contribution in [0.15, 0.2) is 29.8 Å². The van der Waals surface area contributed by atoms with Gasteiger partial charge >= 0.3 is 22.3 Å². The number of hydrogen-bond acceptors (Lipinski definition) is 7. The molecule has 0 amide bonds. The van der Waals surface area contributed by atoms with Crippen molar-refractivity contribution >= 4 is 28.4 Å². The van der Waals surface area contributed by atoms with Gasteiger partial charge in [0.1, 0.15) is 11.3 Å². The predicted molar refractivity (Wildman–Crippen MR) is 89.1 cm³/mol. The molecule has 0 saturated heterocycles. The van der Waals surface area contributed by atoms with Gasteiger partial charge in [-0.3, -0.25) is 4.55 Å². The number of ether oxygens (including phenoxy) is 2. The quantitative estimate of drug-likeness (QED) is 0.230. The van der Waals surface area contributed by atoms with Crippen LogP contribution in [0.4, 0.5) is 0 Å². The summed E-state index contributed by atoms with van der Waals surface area (Å²) in [6.07, 6.45) is 2.47. The molecule has 25 heavy (non-hydrogen) atoms. The average molecular weight is 372 g/mol. The first-order valence-electron chi connectivity index (χ1n) is 7.59. The van der Waals surface area contributed by atoms with Crippen LogP contribution >= 0.6 is 0 Å². The van der Waals surface area contributed by atoms with Crippen LogP contribution in [0.1, 0.15) is 32.3 Å². The first-order chi connectivity index (χ1) is 11.8. The van der Waals surface area contributed by atoms with Gasteiger partial charge in [0.05, 0.1) is 13.2 Å². The Morgan fingerprint density at radius 1 is 1.00 bits per heavy atom. The zero-order valence-electron chi connectivity index (χ0n) is 13.9. The Hall–Kier alpha value is -2.39. The Bertz CT molecular complexity index is 697. The number of benzene rings is 1. The molecule has 9 heteroatoms. The molecule has 0 bridgehead atoms. The zero-order valence-corrected chi connectivity index (χ0v) is 14.7. The molecule has 0 radical (unpaired) electrons. The molecule has 1 aromatic rings. The van der Waals surface area contributed by atoms with Gasteiger partial charge in [-0.1, -0.05) is 26.0 Å². The number of hydrogen-bond donors (Lipinski definition) is 1. The van der Waals surface area contributed by atoms with Crippen LogP contribution in [-0.4, -0.2) is 38.1 Å². The minimum absolute atomic E-state index is 0.122. The minimum Gasteiger partial charge on any atom is -0.462 e. The molecule has 0 saturated carbocycles. The van der Waals surface area contributed by atoms with Gasteiger partial charge in [0.25, 0.3) is 0 Å². The van der Waals surface area contributed by atoms with Crippen LogP contribution in [0.3, 0.4) is 0 Å². The summed E-state index contributed by atoms with van der Waals surface area (Å²) in [6, 6.07) is 5.32. The first-order valence-corrected chi connectivity index (χ1v) is 8.96. The van der Waals surface area contributed by atoms with Crippen LogP contribution in [-0.2, 0) is 29.5 Å². The van der Waals surface area contributed by atoms with E-state index in [0.717, 1.165) is 0 Å². The smallest absolute Gasteiger partial charge is 0.446 e. The summed E-state index contributed by atoms with van der Waals surface area (Å²) in [5.74, 6) is -1.73. The fourth-order valence-electron chi connectivity index (χ4n) is 1.65. The summed E-state index contributed by atoms with van der Waals surface area (Å²) in [7, 11) is -4.62. The number of esters is 2. The van der Waals surface area contributed by atoms with Gasteiger partial charge in [0.15, 0.2) is 0 Å². The third-order valence-electron chi connectivity index (χ3n) is 2.71. The van der Waals surface area contributed by atoms with Gasteiger partial charge in [0.2, 0.25) is 0 Å². The van der Waals surface area contributed by atoms with Crippen LogP contribution < -0.4 is 4.18 Å². The van der Waals surface area contributed by atoms with E-state index >= 15 is 0 Å². The Morgan fingerprint density at radius 2 is 1.48 bits per heavy atom. The molecule has 0 fully saturated rings. The van der Waals surface area contributed by atoms with Crippen LogP contribution in [0, 0.1) is 0 Å². The minimum atomic E-state index is -4.62. The van der Waals surface area contributed by atoms with Crippen molar-refractivity contribution in [2.45, 2.75) is 26.7 Å². The number of carbonyl (C=O) groups excluding carboxylic acids is 2. The first kappa shape index (κ1) is 20.7. The van der Waals surface area contributed by atoms with Crippen molar-refractivity contribution in [3.8, 4) is 5.75 Å². The Kier molecular flexibility index (Phi) is 8.09. The maximum atomic E-state index is 12.0. The van der Waals surface area contributed by atoms with E-state index in [-0.39, 0.29) is 24.5 Å². The van der Waals surface area contributed by atoms with Crippen LogP contribution in [0.5, 0.6) is 5.75 Å². The number of carbonyl (C=O) groups is 2. The molecule has 0 spiro atoms. The predicted octanol–water partition coefficient (Wildman–Crippen LogP) is 2.16. The topological polar surface area (TPSA) is 116 Å². The van der Waals surface area contributed by atoms with Gasteiger partial charge in [-0.25, -0.2) is 9.59 Å². The molecule has 0 aliphatic rings. The molecule has 0 atom stereocenters. The van der Waals surface area contributed by atoms with Crippen LogP contribution in [0.2, 0.25) is 0 Å². The molecule has 8 nitrogen and oxygen atoms in total. The highest BCUT2D eigenvalue weighted by Crippen LogP contribution is 2.17. The van der Waals surface area contributed by atoms with Gasteiger partial charge < -0.3 is 13.7 Å². The molecular formula is C16H20O8S. The molecule has 0 aliphatic carbocycles. The van der Waals surface area contributed by atoms with Crippen molar-refractivity contribution in [3.63, 3.8) is 0 Å². The maximum absolute atomic E-state index is 12.0. The second-order valence-electron chi connectivity index (χ2n) is 4.91. The third-order valence-corrected chi connectivity index (χ3v) is 3.11. The molecule has 1 N–H and O–H groups in total. The largest absolute Gasteiger partial charge is 0.462 e. The molecule has 1 rings (SSSR count). The van der Waals surface area contributed by atoms with Gasteiger partial charge in [-0.2, -0.15) is 8.42 Å². The van der Waals surface area contributed by atoms with E-state index < -0.39 is 22.3 Å². The lowest BCUT2D eigenvalue weighted by molar-refractivity contribution is -0.147. The standard InChI is InChI=1S/C16H20O8S/c1-3-9-22-15(17)14(16(18)23-10-4-2)11-12-5-7-13(8-6-12)24-25(19,20)21/h5-8,11H,3-4,9-10H2,1-2H3,(H,19,20,21). The summed E-state index contributed by atoms with van der Waals surface area (Å²) >= 11 is 0. The molecule has 1 aromatic carbocycles.